The van der Waals surface area contributed by atoms with Crippen LogP contribution in [0.5, 0.6) is 0 Å². The first kappa shape index (κ1) is 16.7. The fourth-order valence-corrected chi connectivity index (χ4v) is 4.54. The van der Waals surface area contributed by atoms with E-state index in [2.05, 4.69) is 21.1 Å². The molecule has 0 aliphatic carbocycles. The quantitative estimate of drug-likeness (QED) is 0.784. The van der Waals surface area contributed by atoms with Crippen LogP contribution >= 0.6 is 0 Å². The molecule has 0 saturated carbocycles. The maximum atomic E-state index is 11.7. The van der Waals surface area contributed by atoms with Gasteiger partial charge in [-0.05, 0) is 18.8 Å². The van der Waals surface area contributed by atoms with E-state index >= 15 is 0 Å². The van der Waals surface area contributed by atoms with Gasteiger partial charge in [0.25, 0.3) is 0 Å². The van der Waals surface area contributed by atoms with E-state index in [0.717, 1.165) is 45.6 Å². The van der Waals surface area contributed by atoms with Gasteiger partial charge in [-0.15, -0.1) is 0 Å². The summed E-state index contributed by atoms with van der Waals surface area (Å²) in [4.78, 5) is 4.84. The number of aryl methyl sites for hydroxylation is 1. The van der Waals surface area contributed by atoms with E-state index in [4.69, 9.17) is 0 Å². The van der Waals surface area contributed by atoms with Gasteiger partial charge >= 0.3 is 0 Å². The van der Waals surface area contributed by atoms with Gasteiger partial charge in [-0.1, -0.05) is 0 Å². The second-order valence-electron chi connectivity index (χ2n) is 6.79. The summed E-state index contributed by atoms with van der Waals surface area (Å²) in [5.74, 6) is 0.461. The average Bonchev–Trinajstić information content (AvgIpc) is 2.94. The lowest BCUT2D eigenvalue weighted by molar-refractivity contribution is 0.172. The van der Waals surface area contributed by atoms with Crippen LogP contribution in [0.2, 0.25) is 0 Å². The lowest BCUT2D eigenvalue weighted by Crippen LogP contribution is -2.50. The molecule has 2 aliphatic heterocycles. The van der Waals surface area contributed by atoms with Crippen molar-refractivity contribution in [1.82, 2.24) is 19.0 Å². The Morgan fingerprint density at radius 3 is 2.57 bits per heavy atom. The van der Waals surface area contributed by atoms with Crippen molar-refractivity contribution in [1.29, 1.82) is 0 Å². The van der Waals surface area contributed by atoms with Crippen LogP contribution in [0.3, 0.4) is 0 Å². The molecule has 0 N–H and O–H groups in total. The molecule has 1 atom stereocenters. The van der Waals surface area contributed by atoms with Crippen LogP contribution in [-0.2, 0) is 17.1 Å². The Morgan fingerprint density at radius 2 is 1.96 bits per heavy atom. The molecular weight excluding hydrogens is 314 g/mol. The Balaban J connectivity index is 1.49. The summed E-state index contributed by atoms with van der Waals surface area (Å²) in [5.41, 5.74) is 1.19. The molecule has 0 amide bonds. The van der Waals surface area contributed by atoms with Crippen molar-refractivity contribution >= 4 is 15.7 Å². The van der Waals surface area contributed by atoms with Gasteiger partial charge in [-0.3, -0.25) is 9.58 Å². The van der Waals surface area contributed by atoms with Crippen molar-refractivity contribution in [2.45, 2.75) is 12.8 Å². The molecule has 2 saturated heterocycles. The van der Waals surface area contributed by atoms with Crippen LogP contribution in [0.1, 0.15) is 12.8 Å². The number of sulfonamides is 1. The van der Waals surface area contributed by atoms with E-state index in [1.807, 2.05) is 17.9 Å². The SMILES string of the molecule is Cn1cc(N2CCN(CC3CCCN(S(C)(=O)=O)C3)CC2)cn1. The molecule has 23 heavy (non-hydrogen) atoms. The van der Waals surface area contributed by atoms with Gasteiger partial charge in [-0.2, -0.15) is 5.10 Å². The Kier molecular flexibility index (Phi) is 4.93. The normalized spacial score (nSPS) is 25.0. The van der Waals surface area contributed by atoms with Crippen LogP contribution in [0.15, 0.2) is 12.4 Å². The van der Waals surface area contributed by atoms with Crippen molar-refractivity contribution < 1.29 is 8.42 Å². The molecule has 3 heterocycles. The van der Waals surface area contributed by atoms with E-state index in [-0.39, 0.29) is 0 Å². The topological polar surface area (TPSA) is 61.7 Å². The highest BCUT2D eigenvalue weighted by atomic mass is 32.2. The highest BCUT2D eigenvalue weighted by molar-refractivity contribution is 7.88. The molecule has 2 fully saturated rings. The zero-order chi connectivity index (χ0) is 16.4. The third-order valence-electron chi connectivity index (χ3n) is 4.90. The van der Waals surface area contributed by atoms with E-state index in [1.165, 1.54) is 11.9 Å². The summed E-state index contributed by atoms with van der Waals surface area (Å²) in [6.45, 7) is 6.45. The first-order valence-electron chi connectivity index (χ1n) is 8.33. The van der Waals surface area contributed by atoms with Gasteiger partial charge in [0.1, 0.15) is 0 Å². The van der Waals surface area contributed by atoms with Crippen molar-refractivity contribution in [3.8, 4) is 0 Å². The Labute approximate surface area is 138 Å². The smallest absolute Gasteiger partial charge is 0.211 e. The van der Waals surface area contributed by atoms with E-state index in [1.54, 1.807) is 4.31 Å². The first-order valence-corrected chi connectivity index (χ1v) is 10.2. The molecule has 0 aromatic carbocycles. The Bertz CT molecular complexity index is 622. The van der Waals surface area contributed by atoms with Crippen LogP contribution in [0.4, 0.5) is 5.69 Å². The average molecular weight is 341 g/mol. The fourth-order valence-electron chi connectivity index (χ4n) is 3.60. The molecule has 7 nitrogen and oxygen atoms in total. The summed E-state index contributed by atoms with van der Waals surface area (Å²) in [6, 6.07) is 0. The molecule has 130 valence electrons. The summed E-state index contributed by atoms with van der Waals surface area (Å²) < 4.78 is 26.9. The van der Waals surface area contributed by atoms with Crippen LogP contribution in [0.25, 0.3) is 0 Å². The first-order chi connectivity index (χ1) is 10.9. The van der Waals surface area contributed by atoms with E-state index in [9.17, 15) is 8.42 Å². The molecule has 3 rings (SSSR count). The number of nitrogens with zero attached hydrogens (tertiary/aromatic N) is 5. The molecule has 8 heteroatoms. The summed E-state index contributed by atoms with van der Waals surface area (Å²) in [5, 5.41) is 4.23. The fraction of sp³-hybridized carbons (Fsp3) is 0.800. The zero-order valence-corrected chi connectivity index (χ0v) is 14.9. The van der Waals surface area contributed by atoms with Gasteiger partial charge in [-0.25, -0.2) is 12.7 Å². The molecule has 1 unspecified atom stereocenters. The molecule has 0 radical (unpaired) electrons. The number of hydrogen-bond donors (Lipinski definition) is 0. The highest BCUT2D eigenvalue weighted by Crippen LogP contribution is 2.21. The number of hydrogen-bond acceptors (Lipinski definition) is 5. The van der Waals surface area contributed by atoms with Crippen molar-refractivity contribution in [2.75, 3.05) is 57.0 Å². The minimum atomic E-state index is -3.04. The summed E-state index contributed by atoms with van der Waals surface area (Å²) in [7, 11) is -1.10. The van der Waals surface area contributed by atoms with Gasteiger partial charge in [0.2, 0.25) is 10.0 Å². The van der Waals surface area contributed by atoms with Crippen molar-refractivity contribution in [3.63, 3.8) is 0 Å². The van der Waals surface area contributed by atoms with Crippen LogP contribution in [-0.4, -0.2) is 79.5 Å². The van der Waals surface area contributed by atoms with Gasteiger partial charge in [0.15, 0.2) is 0 Å². The monoisotopic (exact) mass is 341 g/mol. The van der Waals surface area contributed by atoms with Crippen LogP contribution in [0, 0.1) is 5.92 Å². The number of rotatable bonds is 4. The van der Waals surface area contributed by atoms with Gasteiger partial charge < -0.3 is 4.90 Å². The summed E-state index contributed by atoms with van der Waals surface area (Å²) in [6.07, 6.45) is 7.41. The largest absolute Gasteiger partial charge is 0.366 e. The predicted octanol–water partition coefficient (Wildman–Crippen LogP) is 0.214. The second kappa shape index (κ2) is 6.78. The van der Waals surface area contributed by atoms with Crippen LogP contribution < -0.4 is 4.90 Å². The predicted molar refractivity (Wildman–Crippen MR) is 91.0 cm³/mol. The lowest BCUT2D eigenvalue weighted by atomic mass is 9.99. The molecule has 2 aliphatic rings. The van der Waals surface area contributed by atoms with Crippen molar-refractivity contribution in [2.24, 2.45) is 13.0 Å². The van der Waals surface area contributed by atoms with E-state index < -0.39 is 10.0 Å². The minimum absolute atomic E-state index is 0.461. The highest BCUT2D eigenvalue weighted by Gasteiger charge is 2.28. The molecule has 1 aromatic rings. The van der Waals surface area contributed by atoms with Gasteiger partial charge in [0, 0.05) is 59.1 Å². The third-order valence-corrected chi connectivity index (χ3v) is 6.17. The second-order valence-corrected chi connectivity index (χ2v) is 8.77. The number of anilines is 1. The molecular formula is C15H27N5O2S. The Morgan fingerprint density at radius 1 is 1.22 bits per heavy atom. The third kappa shape index (κ3) is 4.24. The lowest BCUT2D eigenvalue weighted by Gasteiger charge is -2.39. The summed E-state index contributed by atoms with van der Waals surface area (Å²) >= 11 is 0. The minimum Gasteiger partial charge on any atom is -0.366 e. The molecule has 1 aromatic heterocycles. The Hall–Kier alpha value is -1.12. The van der Waals surface area contributed by atoms with E-state index in [0.29, 0.717) is 19.0 Å². The molecule has 0 bridgehead atoms. The number of piperidine rings is 1. The maximum absolute atomic E-state index is 11.7. The number of aromatic nitrogens is 2. The van der Waals surface area contributed by atoms with Crippen molar-refractivity contribution in [3.05, 3.63) is 12.4 Å². The van der Waals surface area contributed by atoms with Gasteiger partial charge in [0.05, 0.1) is 18.1 Å². The maximum Gasteiger partial charge on any atom is 0.211 e. The zero-order valence-electron chi connectivity index (χ0n) is 14.1. The standard InChI is InChI=1S/C15H27N5O2S/c1-17-13-15(10-16-17)19-8-6-18(7-9-19)11-14-4-3-5-20(12-14)23(2,21)22/h10,13-14H,3-9,11-12H2,1-2H3. The molecule has 0 spiro atoms. The number of piperazine rings is 1.